The maximum atomic E-state index is 12.9. The second-order valence-electron chi connectivity index (χ2n) is 22.0. The van der Waals surface area contributed by atoms with Crippen LogP contribution in [0.25, 0.3) is 0 Å². The SMILES string of the molecule is CC/C=C\C/C=C\C/C=C\C/C=C\C/C=C\C/C=C\C/C=C\C/C=C\C/C=C\C/C=C\CCCCC(=O)OCC(COC(=O)CCCCCCC/C=C\C/C=C\CCCCC)OC(=O)CCCCCCCCCCCCCCCCCC. The summed E-state index contributed by atoms with van der Waals surface area (Å²) in [5, 5.41) is 0. The Morgan fingerprint density at radius 2 is 0.476 bits per heavy atom. The van der Waals surface area contributed by atoms with Crippen molar-refractivity contribution in [2.45, 2.75) is 303 Å². The lowest BCUT2D eigenvalue weighted by Crippen LogP contribution is -2.30. The van der Waals surface area contributed by atoms with Crippen LogP contribution in [-0.4, -0.2) is 37.2 Å². The zero-order valence-corrected chi connectivity index (χ0v) is 53.2. The first kappa shape index (κ1) is 77.3. The van der Waals surface area contributed by atoms with Crippen LogP contribution in [0.5, 0.6) is 0 Å². The average molecular weight is 1130 g/mol. The fourth-order valence-corrected chi connectivity index (χ4v) is 9.03. The molecule has 0 saturated heterocycles. The summed E-state index contributed by atoms with van der Waals surface area (Å²) in [7, 11) is 0. The van der Waals surface area contributed by atoms with Gasteiger partial charge in [-0.3, -0.25) is 14.4 Å². The number of ether oxygens (including phenoxy) is 3. The largest absolute Gasteiger partial charge is 0.462 e. The van der Waals surface area contributed by atoms with Crippen molar-refractivity contribution in [3.05, 3.63) is 146 Å². The second-order valence-corrected chi connectivity index (χ2v) is 22.0. The maximum Gasteiger partial charge on any atom is 0.306 e. The molecule has 0 aromatic heterocycles. The smallest absolute Gasteiger partial charge is 0.306 e. The molecule has 1 unspecified atom stereocenters. The predicted octanol–water partition coefficient (Wildman–Crippen LogP) is 23.5. The van der Waals surface area contributed by atoms with Gasteiger partial charge in [0.1, 0.15) is 13.2 Å². The molecule has 0 aromatic rings. The highest BCUT2D eigenvalue weighted by Crippen LogP contribution is 2.16. The molecular formula is C76H124O6. The Labute approximate surface area is 506 Å². The van der Waals surface area contributed by atoms with Gasteiger partial charge in [-0.15, -0.1) is 0 Å². The van der Waals surface area contributed by atoms with Crippen LogP contribution < -0.4 is 0 Å². The summed E-state index contributed by atoms with van der Waals surface area (Å²) in [4.78, 5) is 38.3. The third-order valence-corrected chi connectivity index (χ3v) is 14.1. The third-order valence-electron chi connectivity index (χ3n) is 14.1. The number of carbonyl (C=O) groups excluding carboxylic acids is 3. The van der Waals surface area contributed by atoms with Crippen LogP contribution in [0.2, 0.25) is 0 Å². The number of allylic oxidation sites excluding steroid dienone is 24. The molecule has 0 rings (SSSR count). The molecule has 0 spiro atoms. The van der Waals surface area contributed by atoms with E-state index in [1.807, 2.05) is 0 Å². The van der Waals surface area contributed by atoms with Gasteiger partial charge in [0, 0.05) is 19.3 Å². The Kier molecular flexibility index (Phi) is 64.8. The van der Waals surface area contributed by atoms with E-state index >= 15 is 0 Å². The normalized spacial score (nSPS) is 13.1. The van der Waals surface area contributed by atoms with Gasteiger partial charge in [0.2, 0.25) is 0 Å². The summed E-state index contributed by atoms with van der Waals surface area (Å²) in [5.74, 6) is -0.954. The van der Waals surface area contributed by atoms with Crippen LogP contribution in [-0.2, 0) is 28.6 Å². The monoisotopic (exact) mass is 1130 g/mol. The van der Waals surface area contributed by atoms with Crippen molar-refractivity contribution < 1.29 is 28.6 Å². The predicted molar refractivity (Wildman–Crippen MR) is 357 cm³/mol. The highest BCUT2D eigenvalue weighted by atomic mass is 16.6. The third kappa shape index (κ3) is 66.1. The lowest BCUT2D eigenvalue weighted by Gasteiger charge is -2.18. The first-order chi connectivity index (χ1) is 40.5. The van der Waals surface area contributed by atoms with Crippen LogP contribution in [0.1, 0.15) is 297 Å². The van der Waals surface area contributed by atoms with Crippen molar-refractivity contribution in [3.8, 4) is 0 Å². The van der Waals surface area contributed by atoms with Crippen LogP contribution in [0, 0.1) is 0 Å². The summed E-state index contributed by atoms with van der Waals surface area (Å²) >= 11 is 0. The van der Waals surface area contributed by atoms with Gasteiger partial charge >= 0.3 is 17.9 Å². The van der Waals surface area contributed by atoms with E-state index in [9.17, 15) is 14.4 Å². The van der Waals surface area contributed by atoms with Crippen molar-refractivity contribution in [1.82, 2.24) is 0 Å². The summed E-state index contributed by atoms with van der Waals surface area (Å²) < 4.78 is 16.9. The average Bonchev–Trinajstić information content (AvgIpc) is 3.47. The zero-order valence-electron chi connectivity index (χ0n) is 53.2. The van der Waals surface area contributed by atoms with E-state index in [1.54, 1.807) is 0 Å². The number of rotatable bonds is 60. The topological polar surface area (TPSA) is 78.9 Å². The summed E-state index contributed by atoms with van der Waals surface area (Å²) in [6.45, 7) is 6.47. The molecule has 0 fully saturated rings. The van der Waals surface area contributed by atoms with Crippen molar-refractivity contribution in [3.63, 3.8) is 0 Å². The van der Waals surface area contributed by atoms with E-state index in [4.69, 9.17) is 14.2 Å². The van der Waals surface area contributed by atoms with E-state index in [2.05, 4.69) is 167 Å². The maximum absolute atomic E-state index is 12.9. The molecule has 0 radical (unpaired) electrons. The molecular weight excluding hydrogens is 1010 g/mol. The molecule has 6 nitrogen and oxygen atoms in total. The molecule has 6 heteroatoms. The molecule has 0 aliphatic rings. The fourth-order valence-electron chi connectivity index (χ4n) is 9.03. The van der Waals surface area contributed by atoms with Crippen molar-refractivity contribution in [2.75, 3.05) is 13.2 Å². The number of hydrogen-bond acceptors (Lipinski definition) is 6. The van der Waals surface area contributed by atoms with Gasteiger partial charge in [0.15, 0.2) is 6.10 Å². The molecule has 0 N–H and O–H groups in total. The van der Waals surface area contributed by atoms with Gasteiger partial charge in [0.25, 0.3) is 0 Å². The van der Waals surface area contributed by atoms with Crippen molar-refractivity contribution in [1.29, 1.82) is 0 Å². The van der Waals surface area contributed by atoms with Crippen LogP contribution in [0.4, 0.5) is 0 Å². The Bertz CT molecular complexity index is 1780. The lowest BCUT2D eigenvalue weighted by atomic mass is 10.0. The zero-order chi connectivity index (χ0) is 59.2. The lowest BCUT2D eigenvalue weighted by molar-refractivity contribution is -0.167. The number of unbranched alkanes of at least 4 members (excludes halogenated alkanes) is 25. The first-order valence-electron chi connectivity index (χ1n) is 33.8. The highest BCUT2D eigenvalue weighted by Gasteiger charge is 2.19. The van der Waals surface area contributed by atoms with E-state index in [0.717, 1.165) is 141 Å². The van der Waals surface area contributed by atoms with Crippen LogP contribution in [0.15, 0.2) is 146 Å². The molecule has 0 aliphatic heterocycles. The molecule has 82 heavy (non-hydrogen) atoms. The number of hydrogen-bond donors (Lipinski definition) is 0. The Morgan fingerprint density at radius 3 is 0.793 bits per heavy atom. The van der Waals surface area contributed by atoms with E-state index < -0.39 is 6.10 Å². The first-order valence-corrected chi connectivity index (χ1v) is 33.8. The van der Waals surface area contributed by atoms with E-state index in [-0.39, 0.29) is 31.1 Å². The quantitative estimate of drug-likeness (QED) is 0.0261. The fraction of sp³-hybridized carbons (Fsp3) is 0.645. The van der Waals surface area contributed by atoms with Crippen molar-refractivity contribution >= 4 is 17.9 Å². The van der Waals surface area contributed by atoms with Crippen molar-refractivity contribution in [2.24, 2.45) is 0 Å². The minimum Gasteiger partial charge on any atom is -0.462 e. The molecule has 0 aliphatic carbocycles. The standard InChI is InChI=1S/C76H124O6/c1-4-7-10-13-16-19-22-25-28-30-31-32-33-34-35-36-37-38-39-40-41-42-43-44-45-46-49-51-54-57-60-63-66-69-75(78)81-72-73(71-80-74(77)68-65-62-59-56-53-50-47-27-24-21-18-15-12-9-6-3)82-76(79)70-67-64-61-58-55-52-48-29-26-23-20-17-14-11-8-5-2/h7,10,16,18-19,21,25,27-28,31-32,34-35,37-38,40-41,43-44,46-47,49,54,57,73H,4-6,8-9,11-15,17,20,22-24,26,29-30,33,36,39,42,45,48,50-53,55-56,58-72H2,1-3H3/b10-7-,19-16-,21-18-,28-25-,32-31-,35-34-,38-37-,41-40-,44-43-,47-27-,49-46-,57-54-. The van der Waals surface area contributed by atoms with Crippen LogP contribution in [0.3, 0.4) is 0 Å². The molecule has 0 amide bonds. The minimum absolute atomic E-state index is 0.101. The van der Waals surface area contributed by atoms with Gasteiger partial charge in [0.05, 0.1) is 0 Å². The van der Waals surface area contributed by atoms with E-state index in [0.29, 0.717) is 25.7 Å². The second kappa shape index (κ2) is 68.8. The highest BCUT2D eigenvalue weighted by molar-refractivity contribution is 5.71. The van der Waals surface area contributed by atoms with Gasteiger partial charge < -0.3 is 14.2 Å². The number of esters is 3. The molecule has 1 atom stereocenters. The van der Waals surface area contributed by atoms with E-state index in [1.165, 1.54) is 109 Å². The minimum atomic E-state index is -0.806. The molecule has 464 valence electrons. The summed E-state index contributed by atoms with van der Waals surface area (Å²) in [5.41, 5.74) is 0. The molecule has 0 bridgehead atoms. The number of carbonyl (C=O) groups is 3. The molecule has 0 aromatic carbocycles. The Morgan fingerprint density at radius 1 is 0.256 bits per heavy atom. The van der Waals surface area contributed by atoms with Gasteiger partial charge in [-0.25, -0.2) is 0 Å². The Hall–Kier alpha value is -4.71. The molecule has 0 saturated carbocycles. The van der Waals surface area contributed by atoms with Crippen LogP contribution >= 0.6 is 0 Å². The van der Waals surface area contributed by atoms with Gasteiger partial charge in [-0.2, -0.15) is 0 Å². The Balaban J connectivity index is 4.41. The molecule has 0 heterocycles. The summed E-state index contributed by atoms with van der Waals surface area (Å²) in [6, 6.07) is 0. The van der Waals surface area contributed by atoms with Gasteiger partial charge in [-0.05, 0) is 128 Å². The summed E-state index contributed by atoms with van der Waals surface area (Å²) in [6.07, 6.45) is 98.6. The van der Waals surface area contributed by atoms with Gasteiger partial charge in [-0.1, -0.05) is 295 Å².